The van der Waals surface area contributed by atoms with Crippen molar-refractivity contribution in [2.45, 2.75) is 39.7 Å². The highest BCUT2D eigenvalue weighted by molar-refractivity contribution is 7.71. The second-order valence-corrected chi connectivity index (χ2v) is 8.15. The van der Waals surface area contributed by atoms with E-state index in [1.807, 2.05) is 37.3 Å². The highest BCUT2D eigenvalue weighted by Crippen LogP contribution is 2.26. The number of benzene rings is 2. The molecule has 29 heavy (non-hydrogen) atoms. The Morgan fingerprint density at radius 2 is 1.90 bits per heavy atom. The Bertz CT molecular complexity index is 1060. The van der Waals surface area contributed by atoms with Crippen molar-refractivity contribution in [2.75, 3.05) is 7.11 Å². The van der Waals surface area contributed by atoms with Crippen molar-refractivity contribution in [3.05, 3.63) is 69.8 Å². The Balaban J connectivity index is 1.76. The number of H-pyrrole nitrogens is 1. The Morgan fingerprint density at radius 3 is 2.48 bits per heavy atom. The van der Waals surface area contributed by atoms with Gasteiger partial charge in [-0.25, -0.2) is 0 Å². The summed E-state index contributed by atoms with van der Waals surface area (Å²) >= 11 is 5.17. The minimum atomic E-state index is 0.117. The fraction of sp³-hybridized carbons (Fsp3) is 0.318. The van der Waals surface area contributed by atoms with Gasteiger partial charge in [-0.15, -0.1) is 0 Å². The molecule has 0 amide bonds. The molecule has 0 saturated heterocycles. The van der Waals surface area contributed by atoms with Crippen LogP contribution < -0.4 is 9.47 Å². The van der Waals surface area contributed by atoms with E-state index in [-0.39, 0.29) is 5.41 Å². The molecule has 6 nitrogen and oxygen atoms in total. The monoisotopic (exact) mass is 410 g/mol. The Kier molecular flexibility index (Phi) is 6.17. The highest BCUT2D eigenvalue weighted by atomic mass is 32.1. The van der Waals surface area contributed by atoms with Gasteiger partial charge in [0, 0.05) is 5.56 Å². The van der Waals surface area contributed by atoms with Gasteiger partial charge < -0.3 is 9.47 Å². The summed E-state index contributed by atoms with van der Waals surface area (Å²) in [6.45, 7) is 8.81. The maximum atomic E-state index is 5.98. The number of aryl methyl sites for hydroxylation is 1. The first kappa shape index (κ1) is 20.8. The van der Waals surface area contributed by atoms with Gasteiger partial charge in [0.2, 0.25) is 4.77 Å². The van der Waals surface area contributed by atoms with Crippen LogP contribution in [0.5, 0.6) is 11.5 Å². The lowest BCUT2D eigenvalue weighted by atomic mass is 9.87. The van der Waals surface area contributed by atoms with Gasteiger partial charge >= 0.3 is 0 Å². The number of aromatic amines is 1. The van der Waals surface area contributed by atoms with Crippen molar-refractivity contribution >= 4 is 18.4 Å². The van der Waals surface area contributed by atoms with Crippen LogP contribution in [0.3, 0.4) is 0 Å². The molecule has 3 rings (SSSR count). The summed E-state index contributed by atoms with van der Waals surface area (Å²) in [6.07, 6.45) is 1.74. The van der Waals surface area contributed by atoms with Crippen LogP contribution in [-0.2, 0) is 12.0 Å². The normalized spacial score (nSPS) is 11.8. The molecule has 1 aromatic heterocycles. The van der Waals surface area contributed by atoms with Crippen molar-refractivity contribution in [1.29, 1.82) is 0 Å². The summed E-state index contributed by atoms with van der Waals surface area (Å²) in [5.41, 5.74) is 3.23. The van der Waals surface area contributed by atoms with Crippen LogP contribution in [0.1, 0.15) is 43.3 Å². The lowest BCUT2D eigenvalue weighted by molar-refractivity contribution is 0.296. The minimum Gasteiger partial charge on any atom is -0.496 e. The summed E-state index contributed by atoms with van der Waals surface area (Å²) in [6, 6.07) is 14.0. The van der Waals surface area contributed by atoms with Crippen molar-refractivity contribution in [3.8, 4) is 11.5 Å². The average molecular weight is 411 g/mol. The lowest BCUT2D eigenvalue weighted by Crippen LogP contribution is -2.10. The van der Waals surface area contributed by atoms with Crippen LogP contribution in [0.4, 0.5) is 0 Å². The Labute approximate surface area is 176 Å². The van der Waals surface area contributed by atoms with Crippen LogP contribution >= 0.6 is 12.2 Å². The van der Waals surface area contributed by atoms with Gasteiger partial charge in [-0.3, -0.25) is 5.10 Å². The van der Waals surface area contributed by atoms with Gasteiger partial charge in [0.1, 0.15) is 23.9 Å². The van der Waals surface area contributed by atoms with E-state index in [1.165, 1.54) is 5.56 Å². The molecule has 0 aliphatic carbocycles. The molecule has 152 valence electrons. The maximum absolute atomic E-state index is 5.98. The van der Waals surface area contributed by atoms with E-state index in [1.54, 1.807) is 18.0 Å². The zero-order valence-corrected chi connectivity index (χ0v) is 18.2. The fourth-order valence-corrected chi connectivity index (χ4v) is 3.06. The molecule has 0 aliphatic heterocycles. The summed E-state index contributed by atoms with van der Waals surface area (Å²) in [7, 11) is 1.65. The molecule has 7 heteroatoms. The minimum absolute atomic E-state index is 0.117. The molecule has 0 spiro atoms. The molecule has 0 fully saturated rings. The van der Waals surface area contributed by atoms with Gasteiger partial charge in [-0.1, -0.05) is 32.9 Å². The largest absolute Gasteiger partial charge is 0.496 e. The summed E-state index contributed by atoms with van der Waals surface area (Å²) in [4.78, 5) is 0. The van der Waals surface area contributed by atoms with Crippen LogP contribution in [0.15, 0.2) is 47.6 Å². The van der Waals surface area contributed by atoms with E-state index in [0.717, 1.165) is 22.6 Å². The molecule has 0 bridgehead atoms. The third kappa shape index (κ3) is 5.12. The molecule has 3 aromatic rings. The van der Waals surface area contributed by atoms with Crippen LogP contribution in [0, 0.1) is 11.7 Å². The van der Waals surface area contributed by atoms with Crippen molar-refractivity contribution in [2.24, 2.45) is 5.10 Å². The summed E-state index contributed by atoms with van der Waals surface area (Å²) in [5.74, 6) is 2.28. The van der Waals surface area contributed by atoms with E-state index in [2.05, 4.69) is 48.2 Å². The van der Waals surface area contributed by atoms with Crippen molar-refractivity contribution in [3.63, 3.8) is 0 Å². The summed E-state index contributed by atoms with van der Waals surface area (Å²) in [5, 5.41) is 11.2. The van der Waals surface area contributed by atoms with Gasteiger partial charge in [0.25, 0.3) is 0 Å². The van der Waals surface area contributed by atoms with Crippen LogP contribution in [0.2, 0.25) is 0 Å². The third-order valence-electron chi connectivity index (χ3n) is 4.55. The molecule has 0 saturated carbocycles. The summed E-state index contributed by atoms with van der Waals surface area (Å²) < 4.78 is 13.5. The zero-order chi connectivity index (χ0) is 21.0. The van der Waals surface area contributed by atoms with Gasteiger partial charge in [0.05, 0.1) is 13.3 Å². The van der Waals surface area contributed by atoms with Crippen LogP contribution in [-0.4, -0.2) is 28.2 Å². The standard InChI is InChI=1S/C22H26N4O2S/c1-15-24-25-21(29)26(15)23-13-16-6-11-20(27-5)17(12-16)14-28-19-9-7-18(8-10-19)22(2,3)4/h6-13H,14H2,1-5H3,(H,25,29). The molecule has 0 unspecified atom stereocenters. The first-order valence-corrected chi connectivity index (χ1v) is 9.77. The van der Waals surface area contributed by atoms with Crippen molar-refractivity contribution in [1.82, 2.24) is 14.9 Å². The van der Waals surface area contributed by atoms with Gasteiger partial charge in [-0.2, -0.15) is 14.9 Å². The highest BCUT2D eigenvalue weighted by Gasteiger charge is 2.13. The molecule has 0 radical (unpaired) electrons. The van der Waals surface area contributed by atoms with Gasteiger partial charge in [0.15, 0.2) is 0 Å². The lowest BCUT2D eigenvalue weighted by Gasteiger charge is -2.19. The number of rotatable bonds is 6. The molecule has 1 heterocycles. The fourth-order valence-electron chi connectivity index (χ4n) is 2.83. The molecule has 1 N–H and O–H groups in total. The maximum Gasteiger partial charge on any atom is 0.216 e. The second-order valence-electron chi connectivity index (χ2n) is 7.77. The molecule has 2 aromatic carbocycles. The van der Waals surface area contributed by atoms with Crippen molar-refractivity contribution < 1.29 is 9.47 Å². The van der Waals surface area contributed by atoms with E-state index >= 15 is 0 Å². The number of nitrogens with one attached hydrogen (secondary N) is 1. The predicted molar refractivity (Wildman–Crippen MR) is 118 cm³/mol. The Morgan fingerprint density at radius 1 is 1.17 bits per heavy atom. The predicted octanol–water partition coefficient (Wildman–Crippen LogP) is 5.02. The first-order valence-electron chi connectivity index (χ1n) is 9.36. The second kappa shape index (κ2) is 8.61. The number of nitrogens with zero attached hydrogens (tertiary/aromatic N) is 3. The zero-order valence-electron chi connectivity index (χ0n) is 17.4. The topological polar surface area (TPSA) is 64.4 Å². The number of hydrogen-bond acceptors (Lipinski definition) is 5. The van der Waals surface area contributed by atoms with E-state index in [0.29, 0.717) is 17.2 Å². The third-order valence-corrected chi connectivity index (χ3v) is 4.82. The Hall–Kier alpha value is -2.93. The van der Waals surface area contributed by atoms with E-state index in [4.69, 9.17) is 21.7 Å². The average Bonchev–Trinajstić information content (AvgIpc) is 3.02. The van der Waals surface area contributed by atoms with Crippen LogP contribution in [0.25, 0.3) is 0 Å². The smallest absolute Gasteiger partial charge is 0.216 e. The molecular formula is C22H26N4O2S. The van der Waals surface area contributed by atoms with Gasteiger partial charge in [-0.05, 0) is 66.0 Å². The first-order chi connectivity index (χ1) is 13.8. The van der Waals surface area contributed by atoms with E-state index < -0.39 is 0 Å². The SMILES string of the molecule is COc1ccc(C=Nn2c(C)n[nH]c2=S)cc1COc1ccc(C(C)(C)C)cc1. The molecular weight excluding hydrogens is 384 g/mol. The quantitative estimate of drug-likeness (QED) is 0.458. The number of ether oxygens (including phenoxy) is 2. The molecule has 0 aliphatic rings. The number of methoxy groups -OCH3 is 1. The molecule has 0 atom stereocenters. The number of aromatic nitrogens is 3. The number of hydrogen-bond donors (Lipinski definition) is 1. The van der Waals surface area contributed by atoms with E-state index in [9.17, 15) is 0 Å².